The van der Waals surface area contributed by atoms with E-state index in [0.717, 1.165) is 32.1 Å². The summed E-state index contributed by atoms with van der Waals surface area (Å²) in [5.74, 6) is -0.138. The van der Waals surface area contributed by atoms with Crippen LogP contribution in [0.25, 0.3) is 0 Å². The van der Waals surface area contributed by atoms with Gasteiger partial charge in [0, 0.05) is 0 Å². The molecule has 4 heteroatoms. The molecular formula is C14H21N2O2+. The van der Waals surface area contributed by atoms with Crippen LogP contribution in [0.4, 0.5) is 0 Å². The Kier molecular flexibility index (Phi) is 4.56. The lowest BCUT2D eigenvalue weighted by Gasteiger charge is -2.17. The maximum absolute atomic E-state index is 11.8. The van der Waals surface area contributed by atoms with E-state index in [1.165, 1.54) is 0 Å². The van der Waals surface area contributed by atoms with Gasteiger partial charge in [-0.25, -0.2) is 13.9 Å². The maximum atomic E-state index is 11.8. The maximum Gasteiger partial charge on any atom is 0.348 e. The zero-order chi connectivity index (χ0) is 12.8. The lowest BCUT2D eigenvalue weighted by atomic mass is 10.0. The number of hydrogen-bond acceptors (Lipinski definition) is 2. The quantitative estimate of drug-likeness (QED) is 0.465. The van der Waals surface area contributed by atoms with E-state index in [4.69, 9.17) is 4.74 Å². The van der Waals surface area contributed by atoms with Gasteiger partial charge in [-0.2, -0.15) is 0 Å². The van der Waals surface area contributed by atoms with Crippen molar-refractivity contribution in [2.75, 3.05) is 0 Å². The summed E-state index contributed by atoms with van der Waals surface area (Å²) < 4.78 is 9.29. The predicted molar refractivity (Wildman–Crippen MR) is 67.7 cm³/mol. The van der Waals surface area contributed by atoms with Crippen molar-refractivity contribution in [3.63, 3.8) is 0 Å². The molecule has 1 heterocycles. The third-order valence-electron chi connectivity index (χ3n) is 3.15. The number of esters is 1. The van der Waals surface area contributed by atoms with Crippen LogP contribution in [0.15, 0.2) is 30.9 Å². The Morgan fingerprint density at radius 2 is 2.22 bits per heavy atom. The second-order valence-electron chi connectivity index (χ2n) is 4.84. The average molecular weight is 249 g/mol. The molecule has 0 aliphatic heterocycles. The van der Waals surface area contributed by atoms with Crippen LogP contribution < -0.4 is 4.57 Å². The first kappa shape index (κ1) is 12.9. The third-order valence-corrected chi connectivity index (χ3v) is 3.15. The molecule has 0 amide bonds. The second-order valence-corrected chi connectivity index (χ2v) is 4.84. The van der Waals surface area contributed by atoms with Crippen molar-refractivity contribution in [2.24, 2.45) is 7.05 Å². The summed E-state index contributed by atoms with van der Waals surface area (Å²) >= 11 is 0. The molecule has 4 nitrogen and oxygen atoms in total. The number of ether oxygens (including phenoxy) is 1. The summed E-state index contributed by atoms with van der Waals surface area (Å²) in [6.45, 7) is 0.299. The molecule has 1 aliphatic rings. The van der Waals surface area contributed by atoms with E-state index >= 15 is 0 Å². The molecule has 1 aliphatic carbocycles. The molecule has 0 N–H and O–H groups in total. The van der Waals surface area contributed by atoms with Gasteiger partial charge in [-0.3, -0.25) is 0 Å². The Balaban J connectivity index is 1.81. The van der Waals surface area contributed by atoms with E-state index in [9.17, 15) is 4.79 Å². The van der Waals surface area contributed by atoms with E-state index in [-0.39, 0.29) is 12.1 Å². The number of allylic oxidation sites excluding steroid dienone is 2. The Morgan fingerprint density at radius 1 is 1.39 bits per heavy atom. The highest BCUT2D eigenvalue weighted by Crippen LogP contribution is 2.15. The molecule has 0 bridgehead atoms. The van der Waals surface area contributed by atoms with Gasteiger partial charge in [-0.05, 0) is 32.1 Å². The molecular weight excluding hydrogens is 228 g/mol. The number of rotatable bonds is 3. The van der Waals surface area contributed by atoms with Gasteiger partial charge < -0.3 is 4.74 Å². The molecule has 0 aromatic carbocycles. The smallest absolute Gasteiger partial charge is 0.348 e. The number of imidazole rings is 1. The Labute approximate surface area is 108 Å². The standard InChI is InChI=1S/C14H21N2O2/c1-15-9-10-16(12-15)11-14(17)18-13-7-5-3-2-4-6-8-13/h2-3,9-10,12-13H,4-8,11H2,1H3/q+1/b3-2-. The molecule has 1 atom stereocenters. The number of aromatic nitrogens is 2. The molecule has 1 aromatic rings. The fraction of sp³-hybridized carbons (Fsp3) is 0.571. The second kappa shape index (κ2) is 6.38. The monoisotopic (exact) mass is 249 g/mol. The van der Waals surface area contributed by atoms with E-state index in [1.54, 1.807) is 0 Å². The molecule has 2 rings (SSSR count). The van der Waals surface area contributed by atoms with Gasteiger partial charge in [0.1, 0.15) is 18.5 Å². The first-order valence-corrected chi connectivity index (χ1v) is 6.59. The number of carbonyl (C=O) groups is 1. The molecule has 0 spiro atoms. The van der Waals surface area contributed by atoms with E-state index in [1.807, 2.05) is 34.9 Å². The summed E-state index contributed by atoms with van der Waals surface area (Å²) in [5.41, 5.74) is 0. The molecule has 0 saturated heterocycles. The fourth-order valence-electron chi connectivity index (χ4n) is 2.21. The normalized spacial score (nSPS) is 21.9. The van der Waals surface area contributed by atoms with E-state index in [0.29, 0.717) is 6.54 Å². The SMILES string of the molecule is C[n+]1ccn(CC(=O)OC2CC/C=C\CCC2)c1. The Hall–Kier alpha value is -1.58. The van der Waals surface area contributed by atoms with Crippen molar-refractivity contribution in [3.8, 4) is 0 Å². The first-order chi connectivity index (χ1) is 8.74. The highest BCUT2D eigenvalue weighted by Gasteiger charge is 2.16. The van der Waals surface area contributed by atoms with Crippen LogP contribution in [0.1, 0.15) is 32.1 Å². The van der Waals surface area contributed by atoms with Crippen LogP contribution in [0.2, 0.25) is 0 Å². The number of carbonyl (C=O) groups excluding carboxylic acids is 1. The Bertz CT molecular complexity index is 423. The fourth-order valence-corrected chi connectivity index (χ4v) is 2.21. The minimum Gasteiger partial charge on any atom is -0.459 e. The van der Waals surface area contributed by atoms with Crippen molar-refractivity contribution < 1.29 is 14.1 Å². The van der Waals surface area contributed by atoms with E-state index < -0.39 is 0 Å². The molecule has 1 unspecified atom stereocenters. The van der Waals surface area contributed by atoms with Gasteiger partial charge in [0.15, 0.2) is 6.54 Å². The van der Waals surface area contributed by atoms with Crippen molar-refractivity contribution >= 4 is 5.97 Å². The van der Waals surface area contributed by atoms with Crippen LogP contribution in [0.3, 0.4) is 0 Å². The summed E-state index contributed by atoms with van der Waals surface area (Å²) in [6.07, 6.45) is 15.3. The van der Waals surface area contributed by atoms with Gasteiger partial charge in [-0.15, -0.1) is 0 Å². The van der Waals surface area contributed by atoms with Crippen molar-refractivity contribution in [2.45, 2.75) is 44.8 Å². The third kappa shape index (κ3) is 4.02. The van der Waals surface area contributed by atoms with Crippen LogP contribution >= 0.6 is 0 Å². The number of hydrogen-bond donors (Lipinski definition) is 0. The zero-order valence-electron chi connectivity index (χ0n) is 10.9. The van der Waals surface area contributed by atoms with Gasteiger partial charge in [0.2, 0.25) is 6.33 Å². The summed E-state index contributed by atoms with van der Waals surface area (Å²) in [6, 6.07) is 0. The predicted octanol–water partition coefficient (Wildman–Crippen LogP) is 1.74. The van der Waals surface area contributed by atoms with Gasteiger partial charge in [0.05, 0.1) is 7.05 Å². The minimum absolute atomic E-state index is 0.0896. The molecule has 1 aromatic heterocycles. The van der Waals surface area contributed by atoms with E-state index in [2.05, 4.69) is 12.2 Å². The lowest BCUT2D eigenvalue weighted by molar-refractivity contribution is -0.671. The minimum atomic E-state index is -0.138. The highest BCUT2D eigenvalue weighted by molar-refractivity contribution is 5.69. The molecule has 98 valence electrons. The summed E-state index contributed by atoms with van der Waals surface area (Å²) in [7, 11) is 1.93. The van der Waals surface area contributed by atoms with Gasteiger partial charge >= 0.3 is 5.97 Å². The zero-order valence-corrected chi connectivity index (χ0v) is 10.9. The molecule has 18 heavy (non-hydrogen) atoms. The van der Waals surface area contributed by atoms with Crippen molar-refractivity contribution in [3.05, 3.63) is 30.9 Å². The molecule has 0 fully saturated rings. The van der Waals surface area contributed by atoms with Gasteiger partial charge in [-0.1, -0.05) is 12.2 Å². The van der Waals surface area contributed by atoms with Gasteiger partial charge in [0.25, 0.3) is 0 Å². The van der Waals surface area contributed by atoms with Crippen molar-refractivity contribution in [1.29, 1.82) is 0 Å². The average Bonchev–Trinajstić information content (AvgIpc) is 2.67. The topological polar surface area (TPSA) is 35.1 Å². The number of nitrogens with zero attached hydrogens (tertiary/aromatic N) is 2. The highest BCUT2D eigenvalue weighted by atomic mass is 16.5. The Morgan fingerprint density at radius 3 is 3.00 bits per heavy atom. The van der Waals surface area contributed by atoms with Crippen LogP contribution in [0.5, 0.6) is 0 Å². The molecule has 0 radical (unpaired) electrons. The summed E-state index contributed by atoms with van der Waals surface area (Å²) in [4.78, 5) is 11.8. The largest absolute Gasteiger partial charge is 0.459 e. The molecule has 0 saturated carbocycles. The summed E-state index contributed by atoms with van der Waals surface area (Å²) in [5, 5.41) is 0. The van der Waals surface area contributed by atoms with Crippen molar-refractivity contribution in [1.82, 2.24) is 4.57 Å². The van der Waals surface area contributed by atoms with Crippen LogP contribution in [-0.2, 0) is 23.1 Å². The van der Waals surface area contributed by atoms with Crippen LogP contribution in [0, 0.1) is 0 Å². The lowest BCUT2D eigenvalue weighted by Crippen LogP contribution is -2.25. The number of aryl methyl sites for hydroxylation is 1. The first-order valence-electron chi connectivity index (χ1n) is 6.59. The van der Waals surface area contributed by atoms with Crippen LogP contribution in [-0.4, -0.2) is 16.6 Å².